The highest BCUT2D eigenvalue weighted by Gasteiger charge is 2.06. The topological polar surface area (TPSA) is 52.0 Å². The summed E-state index contributed by atoms with van der Waals surface area (Å²) in [5.74, 6) is 0. The zero-order valence-electron chi connectivity index (χ0n) is 4.88. The molecule has 0 aliphatic heterocycles. The third-order valence-corrected chi connectivity index (χ3v) is 1.44. The fourth-order valence-corrected chi connectivity index (χ4v) is 0.863. The average Bonchev–Trinajstić information content (AvgIpc) is 1.77. The predicted molar refractivity (Wildman–Crippen MR) is 34.3 cm³/mol. The molecule has 0 fully saturated rings. The zero-order chi connectivity index (χ0) is 5.98. The van der Waals surface area contributed by atoms with Crippen LogP contribution in [0, 0.1) is 0 Å². The van der Waals surface area contributed by atoms with Crippen molar-refractivity contribution in [2.75, 3.05) is 0 Å². The summed E-state index contributed by atoms with van der Waals surface area (Å²) in [5, 5.41) is 0. The van der Waals surface area contributed by atoms with E-state index in [-0.39, 0.29) is 12.1 Å². The molecule has 0 bridgehead atoms. The van der Waals surface area contributed by atoms with Crippen molar-refractivity contribution in [1.82, 2.24) is 0 Å². The summed E-state index contributed by atoms with van der Waals surface area (Å²) >= 11 is 0. The van der Waals surface area contributed by atoms with Gasteiger partial charge in [0.15, 0.2) is 0 Å². The average molecular weight is 112 g/mol. The Morgan fingerprint density at radius 1 is 1.00 bits per heavy atom. The minimum Gasteiger partial charge on any atom is -0.324 e. The lowest BCUT2D eigenvalue weighted by molar-refractivity contribution is 0.590. The largest absolute Gasteiger partial charge is 0.324 e. The molecule has 1 unspecified atom stereocenters. The first-order valence-corrected chi connectivity index (χ1v) is 2.98. The van der Waals surface area contributed by atoms with E-state index in [2.05, 4.69) is 0 Å². The molecule has 0 aromatic rings. The summed E-state index contributed by atoms with van der Waals surface area (Å²) in [7, 11) is 0. The highest BCUT2D eigenvalue weighted by atomic mass is 14.7. The monoisotopic (exact) mass is 112 g/mol. The molecule has 0 amide bonds. The molecular weight excluding hydrogens is 100 g/mol. The van der Waals surface area contributed by atoms with Crippen LogP contribution in [0.15, 0.2) is 12.2 Å². The van der Waals surface area contributed by atoms with E-state index in [1.54, 1.807) is 0 Å². The molecule has 2 heteroatoms. The van der Waals surface area contributed by atoms with Gasteiger partial charge in [-0.05, 0) is 12.8 Å². The van der Waals surface area contributed by atoms with E-state index < -0.39 is 0 Å². The van der Waals surface area contributed by atoms with Crippen LogP contribution >= 0.6 is 0 Å². The van der Waals surface area contributed by atoms with Crippen LogP contribution in [0.4, 0.5) is 0 Å². The van der Waals surface area contributed by atoms with E-state index >= 15 is 0 Å². The Hall–Kier alpha value is -0.340. The third-order valence-electron chi connectivity index (χ3n) is 1.44. The van der Waals surface area contributed by atoms with Crippen molar-refractivity contribution >= 4 is 0 Å². The summed E-state index contributed by atoms with van der Waals surface area (Å²) < 4.78 is 0. The maximum absolute atomic E-state index is 5.55. The van der Waals surface area contributed by atoms with Gasteiger partial charge in [0.1, 0.15) is 0 Å². The van der Waals surface area contributed by atoms with E-state index in [0.29, 0.717) is 0 Å². The number of rotatable bonds is 0. The second kappa shape index (κ2) is 2.29. The predicted octanol–water partition coefficient (Wildman–Crippen LogP) is -0.00900. The Morgan fingerprint density at radius 3 is 1.62 bits per heavy atom. The van der Waals surface area contributed by atoms with Gasteiger partial charge < -0.3 is 11.5 Å². The molecule has 1 rings (SSSR count). The van der Waals surface area contributed by atoms with Crippen molar-refractivity contribution in [1.29, 1.82) is 0 Å². The normalized spacial score (nSPS) is 37.8. The van der Waals surface area contributed by atoms with Gasteiger partial charge in [-0.1, -0.05) is 12.2 Å². The molecule has 0 heterocycles. The van der Waals surface area contributed by atoms with Gasteiger partial charge in [0, 0.05) is 12.1 Å². The molecule has 0 saturated carbocycles. The van der Waals surface area contributed by atoms with Crippen LogP contribution in [0.5, 0.6) is 0 Å². The van der Waals surface area contributed by atoms with Crippen molar-refractivity contribution in [2.24, 2.45) is 11.5 Å². The van der Waals surface area contributed by atoms with Gasteiger partial charge in [0.2, 0.25) is 0 Å². The van der Waals surface area contributed by atoms with Gasteiger partial charge in [0.25, 0.3) is 0 Å². The van der Waals surface area contributed by atoms with Gasteiger partial charge in [-0.15, -0.1) is 0 Å². The van der Waals surface area contributed by atoms with Gasteiger partial charge in [0.05, 0.1) is 0 Å². The Morgan fingerprint density at radius 2 is 1.38 bits per heavy atom. The molecule has 8 heavy (non-hydrogen) atoms. The molecule has 0 aromatic heterocycles. The number of nitrogens with two attached hydrogens (primary N) is 2. The molecule has 1 aliphatic carbocycles. The molecule has 1 aliphatic rings. The van der Waals surface area contributed by atoms with Crippen LogP contribution in [0.25, 0.3) is 0 Å². The van der Waals surface area contributed by atoms with Gasteiger partial charge in [-0.25, -0.2) is 0 Å². The van der Waals surface area contributed by atoms with E-state index in [9.17, 15) is 0 Å². The Labute approximate surface area is 49.5 Å². The summed E-state index contributed by atoms with van der Waals surface area (Å²) in [6.45, 7) is 0. The lowest BCUT2D eigenvalue weighted by atomic mass is 10.0. The fourth-order valence-electron chi connectivity index (χ4n) is 0.863. The maximum atomic E-state index is 5.55. The zero-order valence-corrected chi connectivity index (χ0v) is 4.88. The highest BCUT2D eigenvalue weighted by Crippen LogP contribution is 2.06. The first kappa shape index (κ1) is 5.79. The second-order valence-corrected chi connectivity index (χ2v) is 2.29. The molecule has 46 valence electrons. The van der Waals surface area contributed by atoms with E-state index in [1.807, 2.05) is 12.2 Å². The van der Waals surface area contributed by atoms with Gasteiger partial charge in [-0.3, -0.25) is 0 Å². The fraction of sp³-hybridized carbons (Fsp3) is 0.667. The smallest absolute Gasteiger partial charge is 0.0224 e. The quantitative estimate of drug-likeness (QED) is 0.433. The van der Waals surface area contributed by atoms with Crippen LogP contribution in [0.1, 0.15) is 12.8 Å². The summed E-state index contributed by atoms with van der Waals surface area (Å²) in [4.78, 5) is 0. The third kappa shape index (κ3) is 1.32. The Balaban J connectivity index is 2.42. The Bertz CT molecular complexity index is 86.7. The van der Waals surface area contributed by atoms with Crippen molar-refractivity contribution in [3.05, 3.63) is 12.2 Å². The second-order valence-electron chi connectivity index (χ2n) is 2.29. The summed E-state index contributed by atoms with van der Waals surface area (Å²) in [6, 6.07) is 0.518. The van der Waals surface area contributed by atoms with Crippen molar-refractivity contribution in [2.45, 2.75) is 24.9 Å². The molecule has 4 N–H and O–H groups in total. The molecule has 2 nitrogen and oxygen atoms in total. The minimum absolute atomic E-state index is 0.259. The lowest BCUT2D eigenvalue weighted by Gasteiger charge is -2.15. The van der Waals surface area contributed by atoms with Crippen LogP contribution in [0.2, 0.25) is 0 Å². The van der Waals surface area contributed by atoms with Crippen molar-refractivity contribution in [3.63, 3.8) is 0 Å². The SMILES string of the molecule is NC1C=C[C@H](N)CC1. The highest BCUT2D eigenvalue weighted by molar-refractivity contribution is 5.02. The molecule has 0 saturated heterocycles. The minimum atomic E-state index is 0.259. The van der Waals surface area contributed by atoms with E-state index in [1.165, 1.54) is 0 Å². The molecule has 0 spiro atoms. The maximum Gasteiger partial charge on any atom is 0.0224 e. The van der Waals surface area contributed by atoms with Crippen molar-refractivity contribution < 1.29 is 0 Å². The van der Waals surface area contributed by atoms with Crippen molar-refractivity contribution in [3.8, 4) is 0 Å². The summed E-state index contributed by atoms with van der Waals surface area (Å²) in [6.07, 6.45) is 6.04. The van der Waals surface area contributed by atoms with Gasteiger partial charge in [-0.2, -0.15) is 0 Å². The van der Waals surface area contributed by atoms with E-state index in [0.717, 1.165) is 12.8 Å². The molecule has 0 radical (unpaired) electrons. The number of hydrogen-bond acceptors (Lipinski definition) is 2. The van der Waals surface area contributed by atoms with Crippen LogP contribution in [-0.2, 0) is 0 Å². The lowest BCUT2D eigenvalue weighted by Crippen LogP contribution is -2.28. The van der Waals surface area contributed by atoms with E-state index in [4.69, 9.17) is 11.5 Å². The molecule has 2 atom stereocenters. The van der Waals surface area contributed by atoms with Crippen LogP contribution < -0.4 is 11.5 Å². The van der Waals surface area contributed by atoms with Crippen LogP contribution in [-0.4, -0.2) is 12.1 Å². The number of hydrogen-bond donors (Lipinski definition) is 2. The Kier molecular flexibility index (Phi) is 1.65. The molecule has 0 aromatic carbocycles. The first-order chi connectivity index (χ1) is 3.79. The molecular formula is C6H12N2. The standard InChI is InChI=1S/C6H12N2/c7-5-1-2-6(8)4-3-5/h1-2,5-6H,3-4,7-8H2/t5-,6?/m0/s1. The van der Waals surface area contributed by atoms with Crippen LogP contribution in [0.3, 0.4) is 0 Å². The first-order valence-electron chi connectivity index (χ1n) is 2.98. The van der Waals surface area contributed by atoms with Gasteiger partial charge >= 0.3 is 0 Å². The summed E-state index contributed by atoms with van der Waals surface area (Å²) in [5.41, 5.74) is 11.1.